The summed E-state index contributed by atoms with van der Waals surface area (Å²) in [7, 11) is 3.37. The van der Waals surface area contributed by atoms with Crippen LogP contribution in [0.5, 0.6) is 17.2 Å². The highest BCUT2D eigenvalue weighted by atomic mass is 19.1. The SMILES string of the molecule is C#CC#CC#CC#CC#CC#CC#CC#CC#CC#CC#CC#CC#CC#CC#CC#CC#CC#CC#CC#CC#CC#CC#CC#CC#CC#CC#CC#CC#CC#CC#CC#CC#CC#CC.COc1ccc2[nH]c3c(c2c1)CC1c2cc(OC)c(OCc4ccc(C)cc4F)cc2CCN1C3. The van der Waals surface area contributed by atoms with Gasteiger partial charge in [0.15, 0.2) is 11.5 Å². The second-order valence-electron chi connectivity index (χ2n) is 18.0. The number of aryl methyl sites for hydroxylation is 1. The van der Waals surface area contributed by atoms with Gasteiger partial charge in [-0.1, -0.05) is 18.1 Å². The first-order valence-electron chi connectivity index (χ1n) is 29.3. The van der Waals surface area contributed by atoms with E-state index in [0.29, 0.717) is 17.1 Å². The number of methoxy groups -OCH3 is 2. The molecule has 0 radical (unpaired) electrons. The minimum atomic E-state index is -0.245. The van der Waals surface area contributed by atoms with Gasteiger partial charge in [-0.05, 0) is 180 Å². The molecule has 1 aromatic heterocycles. The Morgan fingerprint density at radius 1 is 0.413 bits per heavy atom. The maximum atomic E-state index is 14.3. The van der Waals surface area contributed by atoms with Gasteiger partial charge in [0.2, 0.25) is 0 Å². The Labute approximate surface area is 610 Å². The van der Waals surface area contributed by atoms with Crippen LogP contribution in [0.3, 0.4) is 0 Å². The fraction of sp³-hybridized carbons (Fsp3) is 0.102. The van der Waals surface area contributed by atoms with Crippen LogP contribution in [0.4, 0.5) is 4.39 Å². The van der Waals surface area contributed by atoms with Crippen molar-refractivity contribution in [2.75, 3.05) is 20.8 Å². The summed E-state index contributed by atoms with van der Waals surface area (Å²) in [5.74, 6) is 169. The van der Waals surface area contributed by atoms with Crippen LogP contribution >= 0.6 is 0 Å². The van der Waals surface area contributed by atoms with Gasteiger partial charge in [0.05, 0.1) is 14.2 Å². The lowest BCUT2D eigenvalue weighted by Gasteiger charge is -2.40. The van der Waals surface area contributed by atoms with Crippen molar-refractivity contribution in [3.05, 3.63) is 87.9 Å². The predicted octanol–water partition coefficient (Wildman–Crippen LogP) is 6.62. The summed E-state index contributed by atoms with van der Waals surface area (Å²) in [6.07, 6.45) is 6.81. The van der Waals surface area contributed by atoms with Crippen molar-refractivity contribution in [3.63, 3.8) is 0 Å². The van der Waals surface area contributed by atoms with Crippen molar-refractivity contribution in [2.45, 2.75) is 45.9 Å². The summed E-state index contributed by atoms with van der Waals surface area (Å²) >= 11 is 0. The van der Waals surface area contributed by atoms with Gasteiger partial charge >= 0.3 is 0 Å². The maximum Gasteiger partial charge on any atom is 0.161 e. The van der Waals surface area contributed by atoms with Crippen LogP contribution in [0.25, 0.3) is 10.9 Å². The van der Waals surface area contributed by atoms with Crippen LogP contribution in [-0.2, 0) is 26.0 Å². The Kier molecular flexibility index (Phi) is 37.4. The highest BCUT2D eigenvalue weighted by Crippen LogP contribution is 2.44. The summed E-state index contributed by atoms with van der Waals surface area (Å²) in [6, 6.07) is 15.9. The van der Waals surface area contributed by atoms with E-state index in [1.807, 2.05) is 19.1 Å². The number of nitrogens with zero attached hydrogens (tertiary/aromatic N) is 1. The molecule has 1 N–H and O–H groups in total. The van der Waals surface area contributed by atoms with E-state index in [-0.39, 0.29) is 18.5 Å². The first-order valence-corrected chi connectivity index (χ1v) is 29.3. The number of aromatic amines is 1. The highest BCUT2D eigenvalue weighted by Gasteiger charge is 2.35. The standard InChI is InChI=1S/C69H4.C29H29FN2O3/c1-3-5-7-9-11-13-15-17-19-21-23-25-27-29-31-33-35-37-39-41-43-45-47-49-51-53-55-57-59-61-63-65-67-69-68-66-64-62-60-58-56-54-52-50-48-46-44-42-40-38-36-34-32-30-28-26-24-22-20-18-16-14-12-10-8-6-4-2;1-17-4-5-19(24(30)10-17)16-35-29-11-18-8-9-32-15-26-23(13-27(32)21(18)14-28(29)34-3)22-12-20(33-2)6-7-25(22)31-26/h1H,2H3;4-7,10-12,14,27,31H,8-9,13,15-16H2,1-3H3. The lowest BCUT2D eigenvalue weighted by molar-refractivity contribution is 0.158. The number of hydrogen-bond donors (Lipinski definition) is 1. The number of nitrogens with one attached hydrogen (secondary N) is 1. The van der Waals surface area contributed by atoms with Crippen LogP contribution in [0.1, 0.15) is 46.5 Å². The smallest absolute Gasteiger partial charge is 0.161 e. The molecule has 3 heterocycles. The van der Waals surface area contributed by atoms with Crippen molar-refractivity contribution in [1.29, 1.82) is 0 Å². The van der Waals surface area contributed by atoms with E-state index in [4.69, 9.17) is 20.6 Å². The quantitative estimate of drug-likeness (QED) is 0.229. The summed E-state index contributed by atoms with van der Waals surface area (Å²) in [4.78, 5) is 6.16. The minimum Gasteiger partial charge on any atom is -0.497 e. The molecule has 104 heavy (non-hydrogen) atoms. The Balaban J connectivity index is 0.000000454. The van der Waals surface area contributed by atoms with Crippen LogP contribution in [0.2, 0.25) is 0 Å². The second-order valence-corrected chi connectivity index (χ2v) is 18.0. The minimum absolute atomic E-state index is 0.164. The van der Waals surface area contributed by atoms with Gasteiger partial charge < -0.3 is 19.2 Å². The zero-order valence-corrected chi connectivity index (χ0v) is 55.4. The topological polar surface area (TPSA) is 46.7 Å². The molecule has 6 heteroatoms. The van der Waals surface area contributed by atoms with E-state index >= 15 is 0 Å². The Bertz CT molecular complexity index is 6640. The average Bonchev–Trinajstić information content (AvgIpc) is 1.45. The van der Waals surface area contributed by atoms with Crippen LogP contribution in [0, 0.1) is 416 Å². The molecule has 0 saturated heterocycles. The fourth-order valence-electron chi connectivity index (χ4n) is 7.63. The molecule has 1 unspecified atom stereocenters. The van der Waals surface area contributed by atoms with E-state index in [0.717, 1.165) is 42.8 Å². The first-order chi connectivity index (χ1) is 51.4. The third-order valence-corrected chi connectivity index (χ3v) is 11.6. The molecule has 5 nitrogen and oxygen atoms in total. The normalized spacial score (nSPS) is 8.33. The molecule has 0 spiro atoms. The third-order valence-electron chi connectivity index (χ3n) is 11.6. The highest BCUT2D eigenvalue weighted by molar-refractivity contribution is 5.86. The lowest BCUT2D eigenvalue weighted by Crippen LogP contribution is -2.39. The van der Waals surface area contributed by atoms with E-state index in [1.54, 1.807) is 27.2 Å². The second kappa shape index (κ2) is 51.0. The largest absolute Gasteiger partial charge is 0.497 e. The van der Waals surface area contributed by atoms with E-state index in [2.05, 4.69) is 431 Å². The van der Waals surface area contributed by atoms with Crippen LogP contribution in [0.15, 0.2) is 48.5 Å². The van der Waals surface area contributed by atoms with Gasteiger partial charge in [-0.15, -0.1) is 6.42 Å². The van der Waals surface area contributed by atoms with Crippen molar-refractivity contribution in [2.24, 2.45) is 0 Å². The monoisotopic (exact) mass is 1300 g/mol. The molecule has 4 aromatic rings. The van der Waals surface area contributed by atoms with Gasteiger partial charge in [-0.3, -0.25) is 4.90 Å². The Morgan fingerprint density at radius 2 is 0.760 bits per heavy atom. The lowest BCUT2D eigenvalue weighted by atomic mass is 9.85. The van der Waals surface area contributed by atoms with Crippen molar-refractivity contribution < 1.29 is 18.6 Å². The summed E-state index contributed by atoms with van der Waals surface area (Å²) in [5.41, 5.74) is 7.79. The molecule has 2 aliphatic heterocycles. The number of rotatable bonds is 5. The summed E-state index contributed by atoms with van der Waals surface area (Å²) in [6.45, 7) is 5.60. The maximum absolute atomic E-state index is 14.3. The van der Waals surface area contributed by atoms with Gasteiger partial charge in [-0.25, -0.2) is 4.39 Å². The van der Waals surface area contributed by atoms with Crippen molar-refractivity contribution >= 4 is 10.9 Å². The van der Waals surface area contributed by atoms with E-state index in [9.17, 15) is 4.39 Å². The fourth-order valence-corrected chi connectivity index (χ4v) is 7.63. The molecule has 0 saturated carbocycles. The van der Waals surface area contributed by atoms with Gasteiger partial charge in [-0.2, -0.15) is 0 Å². The Hall–Kier alpha value is -18.5. The number of aromatic nitrogens is 1. The van der Waals surface area contributed by atoms with Crippen LogP contribution < -0.4 is 14.2 Å². The van der Waals surface area contributed by atoms with Gasteiger partial charge in [0, 0.05) is 337 Å². The molecule has 2 aliphatic rings. The number of hydrogen-bond acceptors (Lipinski definition) is 4. The van der Waals surface area contributed by atoms with Crippen LogP contribution in [-0.4, -0.2) is 30.6 Å². The number of ether oxygens (including phenoxy) is 3. The molecule has 1 atom stereocenters. The molecule has 0 amide bonds. The first kappa shape index (κ1) is 76.2. The summed E-state index contributed by atoms with van der Waals surface area (Å²) < 4.78 is 31.6. The molecule has 0 aliphatic carbocycles. The van der Waals surface area contributed by atoms with Gasteiger partial charge in [0.25, 0.3) is 0 Å². The molecule has 0 bridgehead atoms. The third kappa shape index (κ3) is 32.9. The van der Waals surface area contributed by atoms with E-state index in [1.165, 1.54) is 33.8 Å². The number of halogens is 1. The zero-order valence-electron chi connectivity index (χ0n) is 55.4. The van der Waals surface area contributed by atoms with Crippen molar-refractivity contribution in [1.82, 2.24) is 9.88 Å². The predicted molar refractivity (Wildman–Crippen MR) is 405 cm³/mol. The summed E-state index contributed by atoms with van der Waals surface area (Å²) in [5, 5.41) is 1.23. The van der Waals surface area contributed by atoms with Gasteiger partial charge in [0.1, 0.15) is 18.2 Å². The molecular formula is C98H33FN2O3. The average molecular weight is 1310 g/mol. The molecule has 6 rings (SSSR count). The molecule has 460 valence electrons. The van der Waals surface area contributed by atoms with E-state index < -0.39 is 0 Å². The molecule has 3 aromatic carbocycles. The number of fused-ring (bicyclic) bond motifs is 6. The number of H-pyrrole nitrogens is 1. The zero-order chi connectivity index (χ0) is 73.5. The molecule has 0 fully saturated rings. The molecular weight excluding hydrogens is 1270 g/mol. The van der Waals surface area contributed by atoms with Crippen molar-refractivity contribution in [3.8, 4) is 420 Å². The Morgan fingerprint density at radius 3 is 1.08 bits per heavy atom. The number of benzene rings is 3. The number of terminal acetylenes is 1.